The summed E-state index contributed by atoms with van der Waals surface area (Å²) in [7, 11) is -3.71. The standard InChI is InChI=1S/C23H28F3N3O3S/c1-17(2)20-9-4-5-10-21(20)29(33(3,31)32)16-22(30)28-13-11-27(12-14-28)19-8-6-7-18(15-19)23(24,25)26/h4-10,15,17H,11-14,16H2,1-3H3. The van der Waals surface area contributed by atoms with Gasteiger partial charge in [0.25, 0.3) is 0 Å². The molecule has 0 saturated carbocycles. The fourth-order valence-electron chi connectivity index (χ4n) is 3.90. The number of sulfonamides is 1. The maximum absolute atomic E-state index is 13.0. The molecule has 1 amide bonds. The Labute approximate surface area is 192 Å². The lowest BCUT2D eigenvalue weighted by atomic mass is 10.0. The second-order valence-electron chi connectivity index (χ2n) is 8.40. The first-order valence-corrected chi connectivity index (χ1v) is 12.5. The van der Waals surface area contributed by atoms with Crippen LogP contribution in [0.1, 0.15) is 30.9 Å². The highest BCUT2D eigenvalue weighted by atomic mass is 32.2. The molecule has 1 saturated heterocycles. The molecule has 6 nitrogen and oxygen atoms in total. The number of rotatable bonds is 6. The van der Waals surface area contributed by atoms with Crippen molar-refractivity contribution >= 4 is 27.3 Å². The molecule has 0 aliphatic carbocycles. The lowest BCUT2D eigenvalue weighted by molar-refractivity contribution is -0.137. The van der Waals surface area contributed by atoms with E-state index in [1.807, 2.05) is 26.0 Å². The van der Waals surface area contributed by atoms with E-state index in [1.54, 1.807) is 28.0 Å². The lowest BCUT2D eigenvalue weighted by Crippen LogP contribution is -2.52. The van der Waals surface area contributed by atoms with Gasteiger partial charge in [-0.2, -0.15) is 13.2 Å². The Balaban J connectivity index is 1.71. The van der Waals surface area contributed by atoms with E-state index in [0.717, 1.165) is 28.3 Å². The number of amides is 1. The molecule has 0 radical (unpaired) electrons. The number of hydrogen-bond donors (Lipinski definition) is 0. The van der Waals surface area contributed by atoms with Crippen molar-refractivity contribution in [3.05, 3.63) is 59.7 Å². The van der Waals surface area contributed by atoms with Crippen LogP contribution in [0.2, 0.25) is 0 Å². The summed E-state index contributed by atoms with van der Waals surface area (Å²) in [6.45, 7) is 4.87. The Morgan fingerprint density at radius 2 is 1.67 bits per heavy atom. The smallest absolute Gasteiger partial charge is 0.368 e. The SMILES string of the molecule is CC(C)c1ccccc1N(CC(=O)N1CCN(c2cccc(C(F)(F)F)c2)CC1)S(C)(=O)=O. The summed E-state index contributed by atoms with van der Waals surface area (Å²) in [6, 6.07) is 12.2. The number of nitrogens with zero attached hydrogens (tertiary/aromatic N) is 3. The molecule has 0 unspecified atom stereocenters. The van der Waals surface area contributed by atoms with Gasteiger partial charge in [0.2, 0.25) is 15.9 Å². The summed E-state index contributed by atoms with van der Waals surface area (Å²) < 4.78 is 65.2. The predicted octanol–water partition coefficient (Wildman–Crippen LogP) is 3.94. The van der Waals surface area contributed by atoms with E-state index in [4.69, 9.17) is 0 Å². The summed E-state index contributed by atoms with van der Waals surface area (Å²) in [5, 5.41) is 0. The Hall–Kier alpha value is -2.75. The average molecular weight is 484 g/mol. The zero-order chi connectivity index (χ0) is 24.4. The van der Waals surface area contributed by atoms with Crippen LogP contribution in [0.3, 0.4) is 0 Å². The van der Waals surface area contributed by atoms with Gasteiger partial charge in [-0.3, -0.25) is 9.10 Å². The number of anilines is 2. The molecule has 2 aromatic carbocycles. The number of benzene rings is 2. The van der Waals surface area contributed by atoms with Crippen LogP contribution in [0.4, 0.5) is 24.5 Å². The molecular weight excluding hydrogens is 455 g/mol. The van der Waals surface area contributed by atoms with Crippen LogP contribution < -0.4 is 9.21 Å². The quantitative estimate of drug-likeness (QED) is 0.625. The van der Waals surface area contributed by atoms with Crippen LogP contribution in [0.5, 0.6) is 0 Å². The normalized spacial score (nSPS) is 15.1. The number of carbonyl (C=O) groups is 1. The number of halogens is 3. The Kier molecular flexibility index (Phi) is 7.26. The molecule has 2 aromatic rings. The number of alkyl halides is 3. The van der Waals surface area contributed by atoms with Crippen LogP contribution in [-0.2, 0) is 21.0 Å². The molecule has 0 atom stereocenters. The highest BCUT2D eigenvalue weighted by Crippen LogP contribution is 2.32. The van der Waals surface area contributed by atoms with Gasteiger partial charge in [0, 0.05) is 31.9 Å². The minimum Gasteiger partial charge on any atom is -0.368 e. The molecule has 33 heavy (non-hydrogen) atoms. The Morgan fingerprint density at radius 1 is 1.03 bits per heavy atom. The average Bonchev–Trinajstić information content (AvgIpc) is 2.76. The first kappa shape index (κ1) is 24.9. The molecule has 0 aromatic heterocycles. The number of para-hydroxylation sites is 1. The number of carbonyl (C=O) groups excluding carboxylic acids is 1. The van der Waals surface area contributed by atoms with Crippen molar-refractivity contribution in [1.82, 2.24) is 4.90 Å². The number of piperazine rings is 1. The third-order valence-corrected chi connectivity index (χ3v) is 6.80. The second-order valence-corrected chi connectivity index (χ2v) is 10.3. The van der Waals surface area contributed by atoms with Crippen molar-refractivity contribution in [1.29, 1.82) is 0 Å². The van der Waals surface area contributed by atoms with Gasteiger partial charge in [0.05, 0.1) is 17.5 Å². The molecule has 180 valence electrons. The molecule has 1 aliphatic rings. The molecule has 1 aliphatic heterocycles. The second kappa shape index (κ2) is 9.62. The topological polar surface area (TPSA) is 60.9 Å². The van der Waals surface area contributed by atoms with E-state index in [2.05, 4.69) is 0 Å². The van der Waals surface area contributed by atoms with Crippen LogP contribution in [-0.4, -0.2) is 58.2 Å². The molecule has 1 fully saturated rings. The van der Waals surface area contributed by atoms with Gasteiger partial charge in [-0.25, -0.2) is 8.42 Å². The van der Waals surface area contributed by atoms with Gasteiger partial charge >= 0.3 is 6.18 Å². The van der Waals surface area contributed by atoms with E-state index in [0.29, 0.717) is 37.6 Å². The van der Waals surface area contributed by atoms with E-state index in [-0.39, 0.29) is 18.4 Å². The third kappa shape index (κ3) is 5.98. The molecule has 3 rings (SSSR count). The van der Waals surface area contributed by atoms with E-state index >= 15 is 0 Å². The van der Waals surface area contributed by atoms with Crippen LogP contribution >= 0.6 is 0 Å². The molecule has 10 heteroatoms. The monoisotopic (exact) mass is 483 g/mol. The first-order valence-electron chi connectivity index (χ1n) is 10.6. The fraction of sp³-hybridized carbons (Fsp3) is 0.435. The molecule has 0 spiro atoms. The van der Waals surface area contributed by atoms with Gasteiger partial charge in [-0.15, -0.1) is 0 Å². The van der Waals surface area contributed by atoms with Gasteiger partial charge in [0.1, 0.15) is 6.54 Å². The van der Waals surface area contributed by atoms with Gasteiger partial charge < -0.3 is 9.80 Å². The van der Waals surface area contributed by atoms with Gasteiger partial charge in [-0.05, 0) is 35.7 Å². The molecule has 0 bridgehead atoms. The van der Waals surface area contributed by atoms with Crippen molar-refractivity contribution in [3.63, 3.8) is 0 Å². The van der Waals surface area contributed by atoms with Crippen LogP contribution in [0.25, 0.3) is 0 Å². The maximum atomic E-state index is 13.0. The van der Waals surface area contributed by atoms with Crippen molar-refractivity contribution in [3.8, 4) is 0 Å². The summed E-state index contributed by atoms with van der Waals surface area (Å²) in [4.78, 5) is 16.3. The minimum absolute atomic E-state index is 0.0663. The van der Waals surface area contributed by atoms with Crippen molar-refractivity contribution in [2.75, 3.05) is 48.2 Å². The van der Waals surface area contributed by atoms with Crippen LogP contribution in [0.15, 0.2) is 48.5 Å². The minimum atomic E-state index is -4.42. The van der Waals surface area contributed by atoms with Crippen molar-refractivity contribution < 1.29 is 26.4 Å². The lowest BCUT2D eigenvalue weighted by Gasteiger charge is -2.37. The summed E-state index contributed by atoms with van der Waals surface area (Å²) in [5.41, 5.74) is 1.03. The fourth-order valence-corrected chi connectivity index (χ4v) is 4.77. The maximum Gasteiger partial charge on any atom is 0.416 e. The zero-order valence-electron chi connectivity index (χ0n) is 18.8. The highest BCUT2D eigenvalue weighted by molar-refractivity contribution is 7.92. The molecule has 1 heterocycles. The van der Waals surface area contributed by atoms with Crippen molar-refractivity contribution in [2.24, 2.45) is 0 Å². The summed E-state index contributed by atoms with van der Waals surface area (Å²) >= 11 is 0. The predicted molar refractivity (Wildman–Crippen MR) is 123 cm³/mol. The van der Waals surface area contributed by atoms with E-state index in [9.17, 15) is 26.4 Å². The van der Waals surface area contributed by atoms with Gasteiger partial charge in [-0.1, -0.05) is 38.1 Å². The van der Waals surface area contributed by atoms with Gasteiger partial charge in [0.15, 0.2) is 0 Å². The first-order chi connectivity index (χ1) is 15.4. The van der Waals surface area contributed by atoms with Crippen LogP contribution in [0, 0.1) is 0 Å². The number of hydrogen-bond acceptors (Lipinski definition) is 4. The zero-order valence-corrected chi connectivity index (χ0v) is 19.7. The Morgan fingerprint density at radius 3 is 2.24 bits per heavy atom. The largest absolute Gasteiger partial charge is 0.416 e. The Bertz CT molecular complexity index is 1100. The highest BCUT2D eigenvalue weighted by Gasteiger charge is 2.32. The van der Waals surface area contributed by atoms with Crippen molar-refractivity contribution in [2.45, 2.75) is 25.9 Å². The van der Waals surface area contributed by atoms with E-state index in [1.165, 1.54) is 6.07 Å². The van der Waals surface area contributed by atoms with E-state index < -0.39 is 21.8 Å². The third-order valence-electron chi connectivity index (χ3n) is 5.68. The molecular formula is C23H28F3N3O3S. The summed E-state index contributed by atoms with van der Waals surface area (Å²) in [5.74, 6) is -0.278. The summed E-state index contributed by atoms with van der Waals surface area (Å²) in [6.07, 6.45) is -3.35. The molecule has 0 N–H and O–H groups in total.